The van der Waals surface area contributed by atoms with Gasteiger partial charge in [0.25, 0.3) is 0 Å². The number of hydrogen-bond donors (Lipinski definition) is 3. The minimum Gasteiger partial charge on any atom is -0.444 e. The van der Waals surface area contributed by atoms with Crippen LogP contribution in [0.25, 0.3) is 33.7 Å². The number of carbonyl (C=O) groups excluding carboxylic acids is 1. The molecule has 2 aromatic carbocycles. The number of nitrogens with two attached hydrogens (primary N) is 1. The van der Waals surface area contributed by atoms with Crippen LogP contribution >= 0.6 is 0 Å². The molecule has 5 aliphatic heterocycles. The Morgan fingerprint density at radius 2 is 1.51 bits per heavy atom. The predicted octanol–water partition coefficient (Wildman–Crippen LogP) is 8.66. The van der Waals surface area contributed by atoms with Crippen molar-refractivity contribution in [1.82, 2.24) is 55.4 Å². The quantitative estimate of drug-likeness (QED) is 0.122. The van der Waals surface area contributed by atoms with Crippen molar-refractivity contribution in [3.8, 4) is 17.5 Å². The van der Waals surface area contributed by atoms with Crippen molar-refractivity contribution in [2.75, 3.05) is 78.6 Å². The van der Waals surface area contributed by atoms with Crippen LogP contribution in [0.15, 0.2) is 59.7 Å². The fourth-order valence-corrected chi connectivity index (χ4v) is 11.1. The van der Waals surface area contributed by atoms with Crippen LogP contribution in [0.5, 0.6) is 0 Å². The zero-order valence-electron chi connectivity index (χ0n) is 44.4. The number of benzene rings is 2. The van der Waals surface area contributed by atoms with E-state index < -0.39 is 5.60 Å². The Labute approximate surface area is 442 Å². The Morgan fingerprint density at radius 1 is 0.842 bits per heavy atom. The number of ether oxygens (including phenoxy) is 2. The highest BCUT2D eigenvalue weighted by atomic mass is 16.6. The van der Waals surface area contributed by atoms with Crippen LogP contribution in [-0.2, 0) is 22.3 Å². The number of nitrogens with zero attached hydrogens (tertiary/aromatic N) is 14. The maximum atomic E-state index is 12.2. The number of alkyl carbamates (subject to hydrolysis) is 1. The van der Waals surface area contributed by atoms with Crippen LogP contribution in [0.1, 0.15) is 115 Å². The molecule has 3 saturated heterocycles. The molecule has 5 aliphatic rings. The van der Waals surface area contributed by atoms with Crippen molar-refractivity contribution in [3.05, 3.63) is 71.9 Å². The summed E-state index contributed by atoms with van der Waals surface area (Å²) in [6.45, 7) is 17.3. The van der Waals surface area contributed by atoms with Crippen molar-refractivity contribution in [2.45, 2.75) is 117 Å². The first-order chi connectivity index (χ1) is 36.8. The van der Waals surface area contributed by atoms with E-state index in [9.17, 15) is 10.1 Å². The molecular formula is C55H69N17O4. The van der Waals surface area contributed by atoms with Crippen LogP contribution < -0.4 is 30.7 Å². The van der Waals surface area contributed by atoms with Crippen molar-refractivity contribution in [2.24, 2.45) is 16.6 Å². The molecule has 0 spiro atoms. The maximum absolute atomic E-state index is 12.2. The molecule has 76 heavy (non-hydrogen) atoms. The van der Waals surface area contributed by atoms with E-state index in [1.807, 2.05) is 62.1 Å². The molecule has 1 unspecified atom stereocenters. The Bertz CT molecular complexity index is 3230. The summed E-state index contributed by atoms with van der Waals surface area (Å²) in [5.41, 5.74) is 14.9. The van der Waals surface area contributed by atoms with E-state index in [0.717, 1.165) is 179 Å². The highest BCUT2D eigenvalue weighted by Gasteiger charge is 2.35. The standard InChI is InChI=1S/C32H42N8O3.C23H27N9O/c1-31(2,3)43-30(41)35-21-32(4)12-15-38(16-13-32)25-20-34-27-28(36-25)40(26-9-5-6-17-42-26)37-29(27)39-14-7-8-23-18-22(19-33)10-11-24(23)39;1-23(13-24)6-9-31(10-7-23)18-12-25-19-21(27-18)28-29-22(19)32-8-2-3-15-11-16(4-5-17(15)32)20-26-14-33-30-20/h10-11,18,20,26H,5-9,12-17,21H2,1-4H3,(H,35,41);4-5,11-12,14H,2-3,6-10,13,24H2,1H3,(H,27,28,29). The maximum Gasteiger partial charge on any atom is 0.407 e. The van der Waals surface area contributed by atoms with Gasteiger partial charge in [-0.25, -0.2) is 29.4 Å². The van der Waals surface area contributed by atoms with Crippen molar-refractivity contribution in [3.63, 3.8) is 0 Å². The molecule has 0 aliphatic carbocycles. The van der Waals surface area contributed by atoms with Gasteiger partial charge >= 0.3 is 6.09 Å². The number of rotatable bonds is 9. The molecule has 21 nitrogen and oxygen atoms in total. The number of amides is 1. The van der Waals surface area contributed by atoms with Crippen molar-refractivity contribution in [1.29, 1.82) is 5.26 Å². The zero-order chi connectivity index (χ0) is 52.6. The average Bonchev–Trinajstić information content (AvgIpc) is 4.22. The van der Waals surface area contributed by atoms with Crippen LogP contribution in [0.2, 0.25) is 0 Å². The van der Waals surface area contributed by atoms with Gasteiger partial charge in [-0.2, -0.15) is 15.3 Å². The number of aromatic amines is 1. The van der Waals surface area contributed by atoms with Crippen LogP contribution in [-0.4, -0.2) is 121 Å². The third kappa shape index (κ3) is 10.6. The molecule has 3 fully saturated rings. The molecule has 4 N–H and O–H groups in total. The smallest absolute Gasteiger partial charge is 0.407 e. The number of nitriles is 1. The monoisotopic (exact) mass is 1030 g/mol. The second-order valence-electron chi connectivity index (χ2n) is 22.7. The Kier molecular flexibility index (Phi) is 14.0. The molecule has 0 radical (unpaired) electrons. The second-order valence-corrected chi connectivity index (χ2v) is 22.7. The van der Waals surface area contributed by atoms with E-state index >= 15 is 0 Å². The van der Waals surface area contributed by atoms with Gasteiger partial charge < -0.3 is 44.6 Å². The van der Waals surface area contributed by atoms with E-state index in [0.29, 0.717) is 30.2 Å². The summed E-state index contributed by atoms with van der Waals surface area (Å²) in [6.07, 6.45) is 15.4. The minimum atomic E-state index is -0.515. The lowest BCUT2D eigenvalue weighted by Gasteiger charge is -2.40. The van der Waals surface area contributed by atoms with Crippen LogP contribution in [0.4, 0.5) is 39.4 Å². The number of aromatic nitrogens is 10. The first-order valence-corrected chi connectivity index (χ1v) is 27.0. The lowest BCUT2D eigenvalue weighted by molar-refractivity contribution is -0.0368. The van der Waals surface area contributed by atoms with Gasteiger partial charge in [0, 0.05) is 69.4 Å². The first-order valence-electron chi connectivity index (χ1n) is 27.0. The molecule has 21 heteroatoms. The molecule has 1 atom stereocenters. The summed E-state index contributed by atoms with van der Waals surface area (Å²) in [5.74, 6) is 3.92. The summed E-state index contributed by atoms with van der Waals surface area (Å²) in [4.78, 5) is 45.2. The number of carbonyl (C=O) groups is 1. The van der Waals surface area contributed by atoms with E-state index in [1.54, 1.807) is 0 Å². The topological polar surface area (TPSA) is 247 Å². The normalized spacial score (nSPS) is 19.4. The molecule has 0 bridgehead atoms. The first kappa shape index (κ1) is 50.7. The minimum absolute atomic E-state index is 0.0249. The largest absolute Gasteiger partial charge is 0.444 e. The van der Waals surface area contributed by atoms with Crippen molar-refractivity contribution < 1.29 is 18.8 Å². The number of anilines is 6. The summed E-state index contributed by atoms with van der Waals surface area (Å²) >= 11 is 0. The Hall–Kier alpha value is -7.44. The third-order valence-corrected chi connectivity index (χ3v) is 15.8. The third-order valence-electron chi connectivity index (χ3n) is 15.8. The highest BCUT2D eigenvalue weighted by molar-refractivity contribution is 5.89. The van der Waals surface area contributed by atoms with Gasteiger partial charge in [0.2, 0.25) is 12.2 Å². The van der Waals surface area contributed by atoms with Crippen molar-refractivity contribution >= 4 is 63.1 Å². The van der Waals surface area contributed by atoms with Crippen LogP contribution in [0.3, 0.4) is 0 Å². The SMILES string of the molecule is CC1(CN)CCN(c2cnc3c(N4CCCc5cc(-c6ncon6)ccc54)n[nH]c3n2)CC1.CC1(CNC(=O)OC(C)(C)C)CCN(c2cnc3c(N4CCCc5cc(C#N)ccc54)nn(C4CCCCO4)c3n2)CC1. The molecule has 10 heterocycles. The highest BCUT2D eigenvalue weighted by Crippen LogP contribution is 2.41. The fourth-order valence-electron chi connectivity index (χ4n) is 11.1. The number of hydrogen-bond acceptors (Lipinski definition) is 18. The number of H-pyrrole nitrogens is 1. The molecule has 5 aromatic heterocycles. The fraction of sp³-hybridized carbons (Fsp3) is 0.527. The Balaban J connectivity index is 0.000000168. The van der Waals surface area contributed by atoms with Gasteiger partial charge in [-0.15, -0.1) is 5.10 Å². The zero-order valence-corrected chi connectivity index (χ0v) is 44.4. The van der Waals surface area contributed by atoms with E-state index in [1.165, 1.54) is 12.0 Å². The van der Waals surface area contributed by atoms with Crippen LogP contribution in [0, 0.1) is 22.2 Å². The molecule has 7 aromatic rings. The van der Waals surface area contributed by atoms with Gasteiger partial charge in [0.05, 0.1) is 24.0 Å². The molecule has 398 valence electrons. The summed E-state index contributed by atoms with van der Waals surface area (Å²) < 4.78 is 18.5. The van der Waals surface area contributed by atoms with Gasteiger partial charge in [0.1, 0.15) is 17.2 Å². The van der Waals surface area contributed by atoms with Gasteiger partial charge in [-0.1, -0.05) is 19.0 Å². The van der Waals surface area contributed by atoms with E-state index in [-0.39, 0.29) is 23.2 Å². The van der Waals surface area contributed by atoms with Gasteiger partial charge in [-0.05, 0) is 156 Å². The summed E-state index contributed by atoms with van der Waals surface area (Å²) in [7, 11) is 0. The summed E-state index contributed by atoms with van der Waals surface area (Å²) in [5, 5.41) is 29.2. The molecule has 12 rings (SSSR count). The van der Waals surface area contributed by atoms with E-state index in [2.05, 4.69) is 77.3 Å². The number of nitrogens with one attached hydrogen (secondary N) is 2. The predicted molar refractivity (Wildman–Crippen MR) is 290 cm³/mol. The average molecular weight is 1030 g/mol. The number of piperidine rings is 2. The lowest BCUT2D eigenvalue weighted by atomic mass is 9.80. The summed E-state index contributed by atoms with van der Waals surface area (Å²) in [6, 6.07) is 14.4. The molecular weight excluding hydrogens is 963 g/mol. The van der Waals surface area contributed by atoms with Gasteiger partial charge in [-0.3, -0.25) is 5.10 Å². The number of fused-ring (bicyclic) bond motifs is 4. The lowest BCUT2D eigenvalue weighted by Crippen LogP contribution is -2.46. The second kappa shape index (κ2) is 20.9. The number of aryl methyl sites for hydroxylation is 2. The van der Waals surface area contributed by atoms with Gasteiger partial charge in [0.15, 0.2) is 40.2 Å². The van der Waals surface area contributed by atoms with E-state index in [4.69, 9.17) is 44.8 Å². The molecule has 0 saturated carbocycles. The Morgan fingerprint density at radius 3 is 2.17 bits per heavy atom. The molecule has 1 amide bonds.